The first-order chi connectivity index (χ1) is 11.0. The van der Waals surface area contributed by atoms with Crippen LogP contribution < -0.4 is 5.32 Å². The average Bonchev–Trinajstić information content (AvgIpc) is 3.13. The van der Waals surface area contributed by atoms with E-state index in [9.17, 15) is 14.9 Å². The number of aryl methyl sites for hydroxylation is 2. The molecule has 0 saturated carbocycles. The summed E-state index contributed by atoms with van der Waals surface area (Å²) in [6, 6.07) is -0.386. The SMILES string of the molecule is CCCc1[nH]nc(C(=O)NC(C)c2nccn2CC)c1[N+](=O)[O-]. The van der Waals surface area contributed by atoms with Gasteiger partial charge in [0, 0.05) is 18.9 Å². The number of H-pyrrole nitrogens is 1. The van der Waals surface area contributed by atoms with Gasteiger partial charge in [0.25, 0.3) is 5.91 Å². The van der Waals surface area contributed by atoms with Crippen LogP contribution in [0.4, 0.5) is 5.69 Å². The quantitative estimate of drug-likeness (QED) is 0.597. The molecule has 0 spiro atoms. The Hall–Kier alpha value is -2.71. The molecule has 0 saturated heterocycles. The van der Waals surface area contributed by atoms with Crippen LogP contribution in [-0.2, 0) is 13.0 Å². The van der Waals surface area contributed by atoms with Crippen molar-refractivity contribution in [1.82, 2.24) is 25.1 Å². The van der Waals surface area contributed by atoms with Crippen molar-refractivity contribution in [1.29, 1.82) is 0 Å². The Kier molecular flexibility index (Phi) is 5.09. The predicted octanol–water partition coefficient (Wildman–Crippen LogP) is 1.98. The molecule has 0 aromatic carbocycles. The van der Waals surface area contributed by atoms with Gasteiger partial charge in [0.05, 0.1) is 11.0 Å². The number of aromatic amines is 1. The van der Waals surface area contributed by atoms with Gasteiger partial charge in [0.15, 0.2) is 0 Å². The minimum absolute atomic E-state index is 0.195. The number of carbonyl (C=O) groups is 1. The Morgan fingerprint density at radius 3 is 2.87 bits per heavy atom. The zero-order chi connectivity index (χ0) is 17.0. The number of carbonyl (C=O) groups excluding carboxylic acids is 1. The summed E-state index contributed by atoms with van der Waals surface area (Å²) in [7, 11) is 0. The highest BCUT2D eigenvalue weighted by Crippen LogP contribution is 2.23. The molecule has 0 bridgehead atoms. The highest BCUT2D eigenvalue weighted by Gasteiger charge is 2.29. The van der Waals surface area contributed by atoms with Crippen LogP contribution in [0.3, 0.4) is 0 Å². The normalized spacial score (nSPS) is 12.1. The molecule has 0 aliphatic heterocycles. The molecule has 1 atom stereocenters. The van der Waals surface area contributed by atoms with Crippen molar-refractivity contribution in [3.05, 3.63) is 39.7 Å². The number of aromatic nitrogens is 4. The zero-order valence-electron chi connectivity index (χ0n) is 13.4. The molecule has 2 rings (SSSR count). The van der Waals surface area contributed by atoms with Crippen molar-refractivity contribution in [2.24, 2.45) is 0 Å². The Morgan fingerprint density at radius 1 is 1.52 bits per heavy atom. The Labute approximate surface area is 133 Å². The number of nitrogens with one attached hydrogen (secondary N) is 2. The van der Waals surface area contributed by atoms with Gasteiger partial charge in [-0.3, -0.25) is 20.0 Å². The van der Waals surface area contributed by atoms with E-state index in [0.717, 1.165) is 6.54 Å². The summed E-state index contributed by atoms with van der Waals surface area (Å²) in [6.45, 7) is 6.36. The Balaban J connectivity index is 2.22. The van der Waals surface area contributed by atoms with Crippen LogP contribution in [0.25, 0.3) is 0 Å². The molecule has 0 aliphatic rings. The van der Waals surface area contributed by atoms with Gasteiger partial charge in [-0.05, 0) is 20.3 Å². The monoisotopic (exact) mass is 320 g/mol. The van der Waals surface area contributed by atoms with Gasteiger partial charge in [-0.2, -0.15) is 5.10 Å². The maximum atomic E-state index is 12.4. The molecule has 2 aromatic rings. The van der Waals surface area contributed by atoms with Gasteiger partial charge >= 0.3 is 5.69 Å². The minimum atomic E-state index is -0.589. The lowest BCUT2D eigenvalue weighted by atomic mass is 10.2. The van der Waals surface area contributed by atoms with E-state index in [0.29, 0.717) is 24.4 Å². The van der Waals surface area contributed by atoms with E-state index in [-0.39, 0.29) is 17.4 Å². The number of hydrogen-bond donors (Lipinski definition) is 2. The molecular formula is C14H20N6O3. The minimum Gasteiger partial charge on any atom is -0.341 e. The summed E-state index contributed by atoms with van der Waals surface area (Å²) < 4.78 is 1.90. The lowest BCUT2D eigenvalue weighted by molar-refractivity contribution is -0.385. The zero-order valence-corrected chi connectivity index (χ0v) is 13.4. The molecule has 0 aliphatic carbocycles. The standard InChI is InChI=1S/C14H20N6O3/c1-4-6-10-12(20(22)23)11(18-17-10)14(21)16-9(3)13-15-7-8-19(13)5-2/h7-9H,4-6H2,1-3H3,(H,16,21)(H,17,18). The summed E-state index contributed by atoms with van der Waals surface area (Å²) in [4.78, 5) is 27.2. The van der Waals surface area contributed by atoms with Crippen molar-refractivity contribution >= 4 is 11.6 Å². The first kappa shape index (κ1) is 16.7. The van der Waals surface area contributed by atoms with Gasteiger partial charge in [0.1, 0.15) is 11.5 Å². The summed E-state index contributed by atoms with van der Waals surface area (Å²) in [5.41, 5.74) is -0.0827. The highest BCUT2D eigenvalue weighted by atomic mass is 16.6. The summed E-state index contributed by atoms with van der Waals surface area (Å²) >= 11 is 0. The Morgan fingerprint density at radius 2 is 2.26 bits per heavy atom. The van der Waals surface area contributed by atoms with Crippen molar-refractivity contribution < 1.29 is 9.72 Å². The third kappa shape index (κ3) is 3.38. The van der Waals surface area contributed by atoms with E-state index in [1.165, 1.54) is 0 Å². The van der Waals surface area contributed by atoms with Crippen molar-refractivity contribution in [3.63, 3.8) is 0 Å². The first-order valence-electron chi connectivity index (χ1n) is 7.53. The lowest BCUT2D eigenvalue weighted by Crippen LogP contribution is -2.29. The fourth-order valence-corrected chi connectivity index (χ4v) is 2.45. The van der Waals surface area contributed by atoms with Crippen LogP contribution in [0.2, 0.25) is 0 Å². The number of nitro groups is 1. The van der Waals surface area contributed by atoms with E-state index >= 15 is 0 Å². The van der Waals surface area contributed by atoms with Gasteiger partial charge in [-0.25, -0.2) is 4.98 Å². The second kappa shape index (κ2) is 7.03. The second-order valence-corrected chi connectivity index (χ2v) is 5.17. The second-order valence-electron chi connectivity index (χ2n) is 5.17. The van der Waals surface area contributed by atoms with Gasteiger partial charge in [-0.1, -0.05) is 13.3 Å². The van der Waals surface area contributed by atoms with Crippen LogP contribution in [0.15, 0.2) is 12.4 Å². The molecule has 2 heterocycles. The molecule has 9 heteroatoms. The molecular weight excluding hydrogens is 300 g/mol. The van der Waals surface area contributed by atoms with Gasteiger partial charge in [0.2, 0.25) is 5.69 Å². The fourth-order valence-electron chi connectivity index (χ4n) is 2.45. The molecule has 0 radical (unpaired) electrons. The molecule has 0 fully saturated rings. The van der Waals surface area contributed by atoms with Crippen molar-refractivity contribution in [2.45, 2.75) is 46.2 Å². The number of imidazole rings is 1. The predicted molar refractivity (Wildman–Crippen MR) is 83.0 cm³/mol. The topological polar surface area (TPSA) is 119 Å². The number of rotatable bonds is 7. The van der Waals surface area contributed by atoms with Crippen LogP contribution in [0, 0.1) is 10.1 Å². The van der Waals surface area contributed by atoms with Crippen LogP contribution in [0.5, 0.6) is 0 Å². The molecule has 124 valence electrons. The molecule has 9 nitrogen and oxygen atoms in total. The largest absolute Gasteiger partial charge is 0.341 e. The van der Waals surface area contributed by atoms with E-state index in [1.807, 2.05) is 24.6 Å². The molecule has 2 N–H and O–H groups in total. The molecule has 23 heavy (non-hydrogen) atoms. The van der Waals surface area contributed by atoms with Gasteiger partial charge < -0.3 is 9.88 Å². The Bertz CT molecular complexity index is 705. The maximum absolute atomic E-state index is 12.4. The van der Waals surface area contributed by atoms with Crippen molar-refractivity contribution in [3.8, 4) is 0 Å². The first-order valence-corrected chi connectivity index (χ1v) is 7.53. The summed E-state index contributed by atoms with van der Waals surface area (Å²) in [5.74, 6) is 0.0984. The third-order valence-electron chi connectivity index (χ3n) is 3.53. The fraction of sp³-hybridized carbons (Fsp3) is 0.500. The van der Waals surface area contributed by atoms with E-state index in [4.69, 9.17) is 0 Å². The van der Waals surface area contributed by atoms with Crippen molar-refractivity contribution in [2.75, 3.05) is 0 Å². The maximum Gasteiger partial charge on any atom is 0.322 e. The summed E-state index contributed by atoms with van der Waals surface area (Å²) in [5, 5.41) is 20.4. The average molecular weight is 320 g/mol. The number of amides is 1. The van der Waals surface area contributed by atoms with E-state index < -0.39 is 10.8 Å². The molecule has 1 unspecified atom stereocenters. The van der Waals surface area contributed by atoms with Gasteiger partial charge in [-0.15, -0.1) is 0 Å². The number of nitrogens with zero attached hydrogens (tertiary/aromatic N) is 4. The van der Waals surface area contributed by atoms with Crippen LogP contribution >= 0.6 is 0 Å². The highest BCUT2D eigenvalue weighted by molar-refractivity contribution is 5.96. The van der Waals surface area contributed by atoms with Crippen LogP contribution in [0.1, 0.15) is 55.2 Å². The van der Waals surface area contributed by atoms with E-state index in [1.54, 1.807) is 13.1 Å². The van der Waals surface area contributed by atoms with E-state index in [2.05, 4.69) is 20.5 Å². The number of hydrogen-bond acceptors (Lipinski definition) is 5. The third-order valence-corrected chi connectivity index (χ3v) is 3.53. The summed E-state index contributed by atoms with van der Waals surface area (Å²) in [6.07, 6.45) is 4.65. The van der Waals surface area contributed by atoms with Crippen LogP contribution in [-0.4, -0.2) is 30.6 Å². The lowest BCUT2D eigenvalue weighted by Gasteiger charge is -2.14. The molecule has 1 amide bonds. The molecule has 2 aromatic heterocycles. The smallest absolute Gasteiger partial charge is 0.322 e.